The third kappa shape index (κ3) is 2.61. The van der Waals surface area contributed by atoms with Gasteiger partial charge in [0.05, 0.1) is 17.6 Å². The zero-order chi connectivity index (χ0) is 16.5. The Morgan fingerprint density at radius 2 is 2.00 bits per heavy atom. The zero-order valence-corrected chi connectivity index (χ0v) is 13.3. The average Bonchev–Trinajstić information content (AvgIpc) is 3.05. The highest BCUT2D eigenvalue weighted by molar-refractivity contribution is 5.77. The number of nitrogens with one attached hydrogen (secondary N) is 1. The van der Waals surface area contributed by atoms with Crippen molar-refractivity contribution in [2.24, 2.45) is 0 Å². The molecule has 4 rings (SSSR count). The number of ether oxygens (including phenoxy) is 2. The first-order valence-corrected chi connectivity index (χ1v) is 7.78. The zero-order valence-electron chi connectivity index (χ0n) is 13.3. The summed E-state index contributed by atoms with van der Waals surface area (Å²) in [5.41, 5.74) is 1.77. The van der Waals surface area contributed by atoms with E-state index in [4.69, 9.17) is 9.47 Å². The summed E-state index contributed by atoms with van der Waals surface area (Å²) in [7, 11) is 0. The summed E-state index contributed by atoms with van der Waals surface area (Å²) >= 11 is 0. The first-order chi connectivity index (χ1) is 11.7. The van der Waals surface area contributed by atoms with Crippen LogP contribution in [0.2, 0.25) is 0 Å². The number of aromatic nitrogens is 2. The van der Waals surface area contributed by atoms with Crippen molar-refractivity contribution in [1.29, 1.82) is 0 Å². The number of aryl methyl sites for hydroxylation is 1. The van der Waals surface area contributed by atoms with Crippen molar-refractivity contribution in [2.45, 2.75) is 20.1 Å². The summed E-state index contributed by atoms with van der Waals surface area (Å²) in [6.07, 6.45) is 0. The van der Waals surface area contributed by atoms with E-state index in [0.29, 0.717) is 24.4 Å². The summed E-state index contributed by atoms with van der Waals surface area (Å²) in [5.74, 6) is 2.22. The fraction of sp³-hybridized carbons (Fsp3) is 0.222. The summed E-state index contributed by atoms with van der Waals surface area (Å²) in [6, 6.07) is 13.2. The Labute approximate surface area is 138 Å². The monoisotopic (exact) mass is 323 g/mol. The van der Waals surface area contributed by atoms with Crippen LogP contribution >= 0.6 is 0 Å². The van der Waals surface area contributed by atoms with E-state index in [0.717, 1.165) is 22.6 Å². The first-order valence-electron chi connectivity index (χ1n) is 7.78. The fourth-order valence-corrected chi connectivity index (χ4v) is 2.83. The van der Waals surface area contributed by atoms with Crippen LogP contribution in [0.3, 0.4) is 0 Å². The molecule has 3 aromatic rings. The largest absolute Gasteiger partial charge is 0.454 e. The average molecular weight is 323 g/mol. The van der Waals surface area contributed by atoms with Crippen LogP contribution in [0.15, 0.2) is 47.3 Å². The van der Waals surface area contributed by atoms with Gasteiger partial charge in [-0.3, -0.25) is 14.7 Å². The Kier molecular flexibility index (Phi) is 3.66. The minimum Gasteiger partial charge on any atom is -0.454 e. The number of hydrogen-bond acceptors (Lipinski definition) is 5. The highest BCUT2D eigenvalue weighted by atomic mass is 16.7. The molecule has 1 aliphatic rings. The van der Waals surface area contributed by atoms with E-state index in [9.17, 15) is 4.79 Å². The van der Waals surface area contributed by atoms with Crippen LogP contribution in [-0.2, 0) is 13.2 Å². The number of benzene rings is 2. The molecule has 0 spiro atoms. The molecule has 0 atom stereocenters. The van der Waals surface area contributed by atoms with E-state index in [1.807, 2.05) is 43.3 Å². The fourth-order valence-electron chi connectivity index (χ4n) is 2.83. The van der Waals surface area contributed by atoms with E-state index in [-0.39, 0.29) is 12.4 Å². The number of para-hydroxylation sites is 1. The standard InChI is InChI=1S/C18H17N3O3/c1-12-20-15-5-3-2-4-14(15)18(22)21(12)10-19-9-13-6-7-16-17(8-13)24-11-23-16/h2-8,19H,9-11H2,1H3. The molecular formula is C18H17N3O3. The van der Waals surface area contributed by atoms with Crippen LogP contribution in [0.5, 0.6) is 11.5 Å². The van der Waals surface area contributed by atoms with Gasteiger partial charge in [-0.15, -0.1) is 0 Å². The van der Waals surface area contributed by atoms with Crippen LogP contribution < -0.4 is 20.3 Å². The van der Waals surface area contributed by atoms with Crippen molar-refractivity contribution in [2.75, 3.05) is 6.79 Å². The third-order valence-electron chi connectivity index (χ3n) is 4.09. The van der Waals surface area contributed by atoms with Crippen LogP contribution in [0.4, 0.5) is 0 Å². The normalized spacial score (nSPS) is 12.7. The Hall–Kier alpha value is -2.86. The molecule has 0 radical (unpaired) electrons. The number of hydrogen-bond donors (Lipinski definition) is 1. The molecule has 0 amide bonds. The SMILES string of the molecule is Cc1nc2ccccc2c(=O)n1CNCc1ccc2c(c1)OCO2. The van der Waals surface area contributed by atoms with E-state index >= 15 is 0 Å². The maximum Gasteiger partial charge on any atom is 0.262 e. The van der Waals surface area contributed by atoms with Gasteiger partial charge in [-0.05, 0) is 36.8 Å². The van der Waals surface area contributed by atoms with E-state index < -0.39 is 0 Å². The highest BCUT2D eigenvalue weighted by Gasteiger charge is 2.13. The highest BCUT2D eigenvalue weighted by Crippen LogP contribution is 2.32. The molecule has 2 heterocycles. The third-order valence-corrected chi connectivity index (χ3v) is 4.09. The lowest BCUT2D eigenvalue weighted by Gasteiger charge is -2.12. The van der Waals surface area contributed by atoms with E-state index in [1.54, 1.807) is 10.6 Å². The van der Waals surface area contributed by atoms with Crippen molar-refractivity contribution in [1.82, 2.24) is 14.9 Å². The Morgan fingerprint density at radius 1 is 1.17 bits per heavy atom. The van der Waals surface area contributed by atoms with Gasteiger partial charge in [-0.2, -0.15) is 0 Å². The smallest absolute Gasteiger partial charge is 0.262 e. The lowest BCUT2D eigenvalue weighted by molar-refractivity contribution is 0.174. The number of rotatable bonds is 4. The molecule has 0 bridgehead atoms. The van der Waals surface area contributed by atoms with Crippen molar-refractivity contribution in [3.05, 3.63) is 64.2 Å². The van der Waals surface area contributed by atoms with Crippen LogP contribution in [-0.4, -0.2) is 16.3 Å². The van der Waals surface area contributed by atoms with Crippen LogP contribution in [0.1, 0.15) is 11.4 Å². The molecule has 1 aromatic heterocycles. The number of fused-ring (bicyclic) bond motifs is 2. The molecule has 0 aliphatic carbocycles. The van der Waals surface area contributed by atoms with Gasteiger partial charge in [-0.25, -0.2) is 4.98 Å². The summed E-state index contributed by atoms with van der Waals surface area (Å²) < 4.78 is 12.3. The molecule has 0 saturated carbocycles. The molecule has 0 fully saturated rings. The second kappa shape index (κ2) is 5.98. The molecule has 6 heteroatoms. The minimum absolute atomic E-state index is 0.0312. The summed E-state index contributed by atoms with van der Waals surface area (Å²) in [5, 5.41) is 3.91. The van der Waals surface area contributed by atoms with Crippen molar-refractivity contribution in [3.63, 3.8) is 0 Å². The van der Waals surface area contributed by atoms with Gasteiger partial charge in [0.25, 0.3) is 5.56 Å². The Bertz CT molecular complexity index is 965. The van der Waals surface area contributed by atoms with Gasteiger partial charge in [0.15, 0.2) is 11.5 Å². The second-order valence-corrected chi connectivity index (χ2v) is 5.68. The summed E-state index contributed by atoms with van der Waals surface area (Å²) in [6.45, 7) is 3.13. The van der Waals surface area contributed by atoms with E-state index in [1.165, 1.54) is 0 Å². The molecule has 2 aromatic carbocycles. The lowest BCUT2D eigenvalue weighted by Crippen LogP contribution is -2.30. The Balaban J connectivity index is 1.52. The predicted octanol–water partition coefficient (Wildman–Crippen LogP) is 2.18. The Morgan fingerprint density at radius 3 is 2.92 bits per heavy atom. The molecule has 1 aliphatic heterocycles. The minimum atomic E-state index is -0.0312. The van der Waals surface area contributed by atoms with Crippen molar-refractivity contribution in [3.8, 4) is 11.5 Å². The van der Waals surface area contributed by atoms with Crippen molar-refractivity contribution < 1.29 is 9.47 Å². The molecular weight excluding hydrogens is 306 g/mol. The van der Waals surface area contributed by atoms with Crippen LogP contribution in [0, 0.1) is 6.92 Å². The second-order valence-electron chi connectivity index (χ2n) is 5.68. The molecule has 1 N–H and O–H groups in total. The molecule has 0 unspecified atom stereocenters. The predicted molar refractivity (Wildman–Crippen MR) is 90.1 cm³/mol. The van der Waals surface area contributed by atoms with Gasteiger partial charge in [0, 0.05) is 6.54 Å². The molecule has 0 saturated heterocycles. The molecule has 122 valence electrons. The summed E-state index contributed by atoms with van der Waals surface area (Å²) in [4.78, 5) is 17.1. The maximum absolute atomic E-state index is 12.6. The van der Waals surface area contributed by atoms with Gasteiger partial charge in [0.2, 0.25) is 6.79 Å². The van der Waals surface area contributed by atoms with Gasteiger partial charge < -0.3 is 9.47 Å². The first kappa shape index (κ1) is 14.7. The quantitative estimate of drug-likeness (QED) is 0.797. The lowest BCUT2D eigenvalue weighted by atomic mass is 10.2. The van der Waals surface area contributed by atoms with Crippen molar-refractivity contribution >= 4 is 10.9 Å². The van der Waals surface area contributed by atoms with Gasteiger partial charge in [-0.1, -0.05) is 18.2 Å². The number of nitrogens with zero attached hydrogens (tertiary/aromatic N) is 2. The molecule has 24 heavy (non-hydrogen) atoms. The molecule has 6 nitrogen and oxygen atoms in total. The van der Waals surface area contributed by atoms with E-state index in [2.05, 4.69) is 10.3 Å². The van der Waals surface area contributed by atoms with Crippen LogP contribution in [0.25, 0.3) is 10.9 Å². The maximum atomic E-state index is 12.6. The van der Waals surface area contributed by atoms with Gasteiger partial charge in [0.1, 0.15) is 5.82 Å². The van der Waals surface area contributed by atoms with Gasteiger partial charge >= 0.3 is 0 Å². The topological polar surface area (TPSA) is 65.4 Å².